The second-order valence-corrected chi connectivity index (χ2v) is 1.53. The third kappa shape index (κ3) is 1.74. The smallest absolute Gasteiger partial charge is 0.206 e. The van der Waals surface area contributed by atoms with E-state index in [9.17, 15) is 4.96 Å². The van der Waals surface area contributed by atoms with E-state index in [2.05, 4.69) is 14.7 Å². The highest BCUT2D eigenvalue weighted by Gasteiger charge is 1.97. The third-order valence-corrected chi connectivity index (χ3v) is 0.901. The molecule has 10 heavy (non-hydrogen) atoms. The molecule has 0 saturated carbocycles. The zero-order valence-corrected chi connectivity index (χ0v) is 5.02. The Hall–Kier alpha value is -1.58. The summed E-state index contributed by atoms with van der Waals surface area (Å²) < 4.78 is 2.97. The molecule has 0 radical (unpaired) electrons. The minimum atomic E-state index is 0.415. The molecule has 0 aliphatic carbocycles. The van der Waals surface area contributed by atoms with Crippen molar-refractivity contribution in [2.45, 2.75) is 0 Å². The number of para-hydroxylation sites is 1. The van der Waals surface area contributed by atoms with Crippen molar-refractivity contribution >= 4 is 0 Å². The highest BCUT2D eigenvalue weighted by Crippen LogP contribution is 2.07. The molecule has 52 valence electrons. The number of benzene rings is 1. The topological polar surface area (TPSA) is 46.8 Å². The molecule has 0 spiro atoms. The fraction of sp³-hybridized carbons (Fsp3) is 0. The molecule has 0 N–H and O–H groups in total. The molecule has 1 rings (SSSR count). The van der Waals surface area contributed by atoms with Gasteiger partial charge in [0.25, 0.3) is 4.96 Å². The molecular formula is C6H5O4+. The number of rotatable bonds is 3. The molecule has 0 fully saturated rings. The van der Waals surface area contributed by atoms with Gasteiger partial charge >= 0.3 is 4.75 Å². The summed E-state index contributed by atoms with van der Waals surface area (Å²) >= 11 is 0. The molecule has 0 bridgehead atoms. The van der Waals surface area contributed by atoms with Gasteiger partial charge in [0.15, 0.2) is 10.8 Å². The SMILES string of the molecule is O=[O+]OOc1ccccc1. The van der Waals surface area contributed by atoms with Crippen molar-refractivity contribution in [3.05, 3.63) is 40.0 Å². The highest BCUT2D eigenvalue weighted by atomic mass is 17.6. The average Bonchev–Trinajstić information content (AvgIpc) is 2.03. The van der Waals surface area contributed by atoms with E-state index in [1.807, 2.05) is 6.07 Å². The van der Waals surface area contributed by atoms with E-state index in [1.54, 1.807) is 24.3 Å². The summed E-state index contributed by atoms with van der Waals surface area (Å²) in [6.45, 7) is 0. The lowest BCUT2D eigenvalue weighted by atomic mass is 10.3. The maximum atomic E-state index is 9.26. The van der Waals surface area contributed by atoms with Gasteiger partial charge in [0, 0.05) is 0 Å². The molecular weight excluding hydrogens is 136 g/mol. The summed E-state index contributed by atoms with van der Waals surface area (Å²) in [5.41, 5.74) is 0. The molecule has 1 aromatic carbocycles. The van der Waals surface area contributed by atoms with Crippen LogP contribution >= 0.6 is 0 Å². The molecule has 0 amide bonds. The van der Waals surface area contributed by atoms with Gasteiger partial charge in [-0.15, -0.1) is 0 Å². The molecule has 0 unspecified atom stereocenters. The van der Waals surface area contributed by atoms with Crippen LogP contribution in [0.2, 0.25) is 0 Å². The van der Waals surface area contributed by atoms with Crippen LogP contribution < -0.4 is 4.89 Å². The Kier molecular flexibility index (Phi) is 2.25. The number of hydrogen-bond donors (Lipinski definition) is 0. The predicted octanol–water partition coefficient (Wildman–Crippen LogP) is 1.53. The Bertz CT molecular complexity index is 196. The minimum absolute atomic E-state index is 0.415. The average molecular weight is 141 g/mol. The standard InChI is InChI=1S/C6H5O4/c7-9-10-8-6-4-2-1-3-5-6/h1-5H/q+1. The monoisotopic (exact) mass is 141 g/mol. The zero-order valence-electron chi connectivity index (χ0n) is 5.02. The second kappa shape index (κ2) is 3.45. The molecule has 4 nitrogen and oxygen atoms in total. The van der Waals surface area contributed by atoms with E-state index in [0.29, 0.717) is 5.75 Å². The quantitative estimate of drug-likeness (QED) is 0.364. The van der Waals surface area contributed by atoms with Gasteiger partial charge in [0.1, 0.15) is 0 Å². The normalized spacial score (nSPS) is 8.40. The van der Waals surface area contributed by atoms with Crippen LogP contribution in [0.4, 0.5) is 0 Å². The lowest BCUT2D eigenvalue weighted by molar-refractivity contribution is -0.154. The molecule has 0 aromatic heterocycles. The van der Waals surface area contributed by atoms with Gasteiger partial charge in [0.2, 0.25) is 0 Å². The van der Waals surface area contributed by atoms with Crippen molar-refractivity contribution in [2.24, 2.45) is 0 Å². The lowest BCUT2D eigenvalue weighted by Gasteiger charge is -1.87. The summed E-state index contributed by atoms with van der Waals surface area (Å²) in [4.78, 5) is 13.6. The molecule has 0 saturated heterocycles. The maximum absolute atomic E-state index is 9.26. The Morgan fingerprint density at radius 3 is 2.50 bits per heavy atom. The molecule has 1 aromatic rings. The summed E-state index contributed by atoms with van der Waals surface area (Å²) in [5.74, 6) is 0.415. The van der Waals surface area contributed by atoms with E-state index in [0.717, 1.165) is 0 Å². The van der Waals surface area contributed by atoms with Gasteiger partial charge in [-0.25, -0.2) is 4.89 Å². The van der Waals surface area contributed by atoms with E-state index in [1.165, 1.54) is 0 Å². The van der Waals surface area contributed by atoms with Gasteiger partial charge in [-0.05, 0) is 12.1 Å². The second-order valence-electron chi connectivity index (χ2n) is 1.53. The summed E-state index contributed by atoms with van der Waals surface area (Å²) in [6, 6.07) is 8.54. The van der Waals surface area contributed by atoms with Crippen LogP contribution in [0.15, 0.2) is 30.3 Å². The molecule has 0 aliphatic rings. The summed E-state index contributed by atoms with van der Waals surface area (Å²) in [7, 11) is 0. The van der Waals surface area contributed by atoms with Crippen LogP contribution in [-0.4, -0.2) is 0 Å². The molecule has 0 aliphatic heterocycles. The van der Waals surface area contributed by atoms with Gasteiger partial charge in [-0.3, -0.25) is 0 Å². The van der Waals surface area contributed by atoms with Gasteiger partial charge in [-0.1, -0.05) is 18.2 Å². The van der Waals surface area contributed by atoms with Gasteiger partial charge in [0.05, 0.1) is 0 Å². The minimum Gasteiger partial charge on any atom is -0.206 e. The van der Waals surface area contributed by atoms with E-state index in [4.69, 9.17) is 0 Å². The van der Waals surface area contributed by atoms with Gasteiger partial charge < -0.3 is 0 Å². The summed E-state index contributed by atoms with van der Waals surface area (Å²) in [6.07, 6.45) is 0. The molecule has 0 heterocycles. The van der Waals surface area contributed by atoms with Crippen molar-refractivity contribution < 1.29 is 9.93 Å². The van der Waals surface area contributed by atoms with Crippen LogP contribution in [0.3, 0.4) is 0 Å². The Labute approximate surface area is 56.8 Å². The third-order valence-electron chi connectivity index (χ3n) is 0.901. The van der Waals surface area contributed by atoms with Gasteiger partial charge in [-0.2, -0.15) is 0 Å². The van der Waals surface area contributed by atoms with Crippen molar-refractivity contribution in [1.29, 1.82) is 0 Å². The van der Waals surface area contributed by atoms with Crippen LogP contribution in [0, 0.1) is 9.71 Å². The first-order valence-corrected chi connectivity index (χ1v) is 2.61. The van der Waals surface area contributed by atoms with Crippen molar-refractivity contribution in [2.75, 3.05) is 0 Å². The van der Waals surface area contributed by atoms with E-state index >= 15 is 0 Å². The Balaban J connectivity index is 2.50. The lowest BCUT2D eigenvalue weighted by Crippen LogP contribution is -1.88. The van der Waals surface area contributed by atoms with Crippen molar-refractivity contribution in [1.82, 2.24) is 0 Å². The van der Waals surface area contributed by atoms with Crippen LogP contribution in [0.25, 0.3) is 0 Å². The first kappa shape index (κ1) is 6.54. The first-order valence-electron chi connectivity index (χ1n) is 2.61. The highest BCUT2D eigenvalue weighted by molar-refractivity contribution is 5.20. The molecule has 0 atom stereocenters. The maximum Gasteiger partial charge on any atom is 0.425 e. The zero-order chi connectivity index (χ0) is 7.23. The predicted molar refractivity (Wildman–Crippen MR) is 34.9 cm³/mol. The fourth-order valence-electron chi connectivity index (χ4n) is 0.529. The Morgan fingerprint density at radius 2 is 1.90 bits per heavy atom. The fourth-order valence-corrected chi connectivity index (χ4v) is 0.529. The number of hydrogen-bond acceptors (Lipinski definition) is 3. The molecule has 4 heteroatoms. The van der Waals surface area contributed by atoms with Crippen LogP contribution in [-0.2, 0) is 5.04 Å². The van der Waals surface area contributed by atoms with E-state index < -0.39 is 0 Å². The van der Waals surface area contributed by atoms with Crippen molar-refractivity contribution in [3.63, 3.8) is 0 Å². The first-order chi connectivity index (χ1) is 4.93. The largest absolute Gasteiger partial charge is 0.425 e. The van der Waals surface area contributed by atoms with Crippen LogP contribution in [0.1, 0.15) is 0 Å². The summed E-state index contributed by atoms with van der Waals surface area (Å²) in [5, 5.41) is 3.66. The van der Waals surface area contributed by atoms with Crippen molar-refractivity contribution in [3.8, 4) is 5.75 Å². The van der Waals surface area contributed by atoms with Crippen LogP contribution in [0.5, 0.6) is 5.75 Å². The Morgan fingerprint density at radius 1 is 1.20 bits per heavy atom. The van der Waals surface area contributed by atoms with E-state index in [-0.39, 0.29) is 0 Å².